The van der Waals surface area contributed by atoms with Gasteiger partial charge in [-0.1, -0.05) is 23.7 Å². The first-order chi connectivity index (χ1) is 9.49. The zero-order valence-electron chi connectivity index (χ0n) is 11.2. The van der Waals surface area contributed by atoms with E-state index in [-0.39, 0.29) is 12.1 Å². The van der Waals surface area contributed by atoms with Crippen LogP contribution in [0.15, 0.2) is 24.3 Å². The molecule has 0 radical (unpaired) electrons. The molecule has 1 aliphatic heterocycles. The number of rotatable bonds is 3. The topological polar surface area (TPSA) is 69.6 Å². The SMILES string of the molecule is CC(NC(=O)N1CCCC1C(=O)O)c1ccc(Cl)cc1. The number of halogens is 1. The van der Waals surface area contributed by atoms with Crippen LogP contribution in [0.25, 0.3) is 0 Å². The molecule has 1 aromatic rings. The third-order valence-electron chi connectivity index (χ3n) is 3.51. The molecule has 1 aliphatic rings. The van der Waals surface area contributed by atoms with Gasteiger partial charge in [0, 0.05) is 11.6 Å². The van der Waals surface area contributed by atoms with Crippen molar-refractivity contribution in [3.63, 3.8) is 0 Å². The Bertz CT molecular complexity index is 504. The average Bonchev–Trinajstić information content (AvgIpc) is 2.88. The molecule has 5 nitrogen and oxygen atoms in total. The third-order valence-corrected chi connectivity index (χ3v) is 3.76. The second-order valence-corrected chi connectivity index (χ2v) is 5.35. The number of carbonyl (C=O) groups is 2. The number of aliphatic carboxylic acids is 1. The van der Waals surface area contributed by atoms with E-state index in [0.717, 1.165) is 12.0 Å². The lowest BCUT2D eigenvalue weighted by atomic mass is 10.1. The van der Waals surface area contributed by atoms with Gasteiger partial charge < -0.3 is 15.3 Å². The van der Waals surface area contributed by atoms with Crippen molar-refractivity contribution in [3.05, 3.63) is 34.9 Å². The van der Waals surface area contributed by atoms with Crippen LogP contribution in [-0.2, 0) is 4.79 Å². The molecule has 6 heteroatoms. The van der Waals surface area contributed by atoms with E-state index in [4.69, 9.17) is 16.7 Å². The molecule has 1 fully saturated rings. The maximum atomic E-state index is 12.1. The highest BCUT2D eigenvalue weighted by Crippen LogP contribution is 2.20. The van der Waals surface area contributed by atoms with Crippen molar-refractivity contribution < 1.29 is 14.7 Å². The molecule has 2 N–H and O–H groups in total. The van der Waals surface area contributed by atoms with E-state index in [1.54, 1.807) is 12.1 Å². The third kappa shape index (κ3) is 3.22. The lowest BCUT2D eigenvalue weighted by Crippen LogP contribution is -2.46. The predicted molar refractivity (Wildman–Crippen MR) is 75.8 cm³/mol. The number of carboxylic acids is 1. The second-order valence-electron chi connectivity index (χ2n) is 4.91. The molecule has 0 aromatic heterocycles. The standard InChI is InChI=1S/C14H17ClN2O3/c1-9(10-4-6-11(15)7-5-10)16-14(20)17-8-2-3-12(17)13(18)19/h4-7,9,12H,2-3,8H2,1H3,(H,16,20)(H,18,19). The van der Waals surface area contributed by atoms with Crippen molar-refractivity contribution in [1.29, 1.82) is 0 Å². The summed E-state index contributed by atoms with van der Waals surface area (Å²) in [5.41, 5.74) is 0.925. The largest absolute Gasteiger partial charge is 0.480 e. The van der Waals surface area contributed by atoms with Gasteiger partial charge in [0.15, 0.2) is 0 Å². The minimum atomic E-state index is -0.947. The molecular formula is C14H17ClN2O3. The molecule has 20 heavy (non-hydrogen) atoms. The summed E-state index contributed by atoms with van der Waals surface area (Å²) in [5.74, 6) is -0.947. The molecule has 2 unspecified atom stereocenters. The number of urea groups is 1. The maximum Gasteiger partial charge on any atom is 0.326 e. The molecule has 2 atom stereocenters. The zero-order chi connectivity index (χ0) is 14.7. The molecule has 1 aromatic carbocycles. The smallest absolute Gasteiger partial charge is 0.326 e. The van der Waals surface area contributed by atoms with E-state index in [0.29, 0.717) is 18.0 Å². The van der Waals surface area contributed by atoms with Crippen LogP contribution in [0, 0.1) is 0 Å². The fourth-order valence-corrected chi connectivity index (χ4v) is 2.50. The van der Waals surface area contributed by atoms with E-state index in [2.05, 4.69) is 5.32 Å². The number of amides is 2. The van der Waals surface area contributed by atoms with Gasteiger partial charge in [-0.3, -0.25) is 0 Å². The summed E-state index contributed by atoms with van der Waals surface area (Å²) in [6.45, 7) is 2.34. The lowest BCUT2D eigenvalue weighted by Gasteiger charge is -2.24. The van der Waals surface area contributed by atoms with Crippen molar-refractivity contribution in [3.8, 4) is 0 Å². The first kappa shape index (κ1) is 14.7. The Morgan fingerprint density at radius 1 is 1.40 bits per heavy atom. The van der Waals surface area contributed by atoms with Gasteiger partial charge in [0.25, 0.3) is 0 Å². The number of carbonyl (C=O) groups excluding carboxylic acids is 1. The Morgan fingerprint density at radius 3 is 2.65 bits per heavy atom. The number of benzene rings is 1. The Morgan fingerprint density at radius 2 is 2.05 bits per heavy atom. The average molecular weight is 297 g/mol. The van der Waals surface area contributed by atoms with Gasteiger partial charge in [-0.05, 0) is 37.5 Å². The Labute approximate surface area is 122 Å². The summed E-state index contributed by atoms with van der Waals surface area (Å²) in [6.07, 6.45) is 1.23. The van der Waals surface area contributed by atoms with Crippen LogP contribution < -0.4 is 5.32 Å². The molecule has 0 spiro atoms. The zero-order valence-corrected chi connectivity index (χ0v) is 11.9. The highest BCUT2D eigenvalue weighted by molar-refractivity contribution is 6.30. The Hall–Kier alpha value is -1.75. The highest BCUT2D eigenvalue weighted by atomic mass is 35.5. The van der Waals surface area contributed by atoms with Gasteiger partial charge in [-0.2, -0.15) is 0 Å². The van der Waals surface area contributed by atoms with Crippen LogP contribution in [0.5, 0.6) is 0 Å². The molecule has 1 saturated heterocycles. The monoisotopic (exact) mass is 296 g/mol. The molecule has 2 rings (SSSR count). The van der Waals surface area contributed by atoms with Crippen LogP contribution in [-0.4, -0.2) is 34.6 Å². The van der Waals surface area contributed by atoms with E-state index in [1.165, 1.54) is 4.90 Å². The van der Waals surface area contributed by atoms with E-state index < -0.39 is 12.0 Å². The van der Waals surface area contributed by atoms with Crippen molar-refractivity contribution in [2.24, 2.45) is 0 Å². The molecule has 0 saturated carbocycles. The minimum absolute atomic E-state index is 0.199. The van der Waals surface area contributed by atoms with Gasteiger partial charge in [0.05, 0.1) is 6.04 Å². The summed E-state index contributed by atoms with van der Waals surface area (Å²) in [4.78, 5) is 24.6. The highest BCUT2D eigenvalue weighted by Gasteiger charge is 2.34. The molecule has 2 amide bonds. The van der Waals surface area contributed by atoms with Crippen molar-refractivity contribution in [1.82, 2.24) is 10.2 Å². The fourth-order valence-electron chi connectivity index (χ4n) is 2.37. The second kappa shape index (κ2) is 6.13. The Balaban J connectivity index is 2.00. The van der Waals surface area contributed by atoms with E-state index >= 15 is 0 Å². The van der Waals surface area contributed by atoms with Crippen LogP contribution in [0.3, 0.4) is 0 Å². The molecule has 1 heterocycles. The first-order valence-electron chi connectivity index (χ1n) is 6.54. The summed E-state index contributed by atoms with van der Waals surface area (Å²) < 4.78 is 0. The van der Waals surface area contributed by atoms with Crippen molar-refractivity contribution in [2.75, 3.05) is 6.54 Å². The number of hydrogen-bond acceptors (Lipinski definition) is 2. The van der Waals surface area contributed by atoms with Crippen LogP contribution in [0.4, 0.5) is 4.79 Å². The number of hydrogen-bond donors (Lipinski definition) is 2. The number of nitrogens with zero attached hydrogens (tertiary/aromatic N) is 1. The van der Waals surface area contributed by atoms with E-state index in [1.807, 2.05) is 19.1 Å². The maximum absolute atomic E-state index is 12.1. The van der Waals surface area contributed by atoms with E-state index in [9.17, 15) is 9.59 Å². The number of nitrogens with one attached hydrogen (secondary N) is 1. The van der Waals surface area contributed by atoms with Gasteiger partial charge >= 0.3 is 12.0 Å². The van der Waals surface area contributed by atoms with Crippen LogP contribution >= 0.6 is 11.6 Å². The quantitative estimate of drug-likeness (QED) is 0.901. The normalized spacial score (nSPS) is 19.7. The lowest BCUT2D eigenvalue weighted by molar-refractivity contribution is -0.141. The first-order valence-corrected chi connectivity index (χ1v) is 6.92. The summed E-state index contributed by atoms with van der Waals surface area (Å²) in [6, 6.07) is 5.95. The van der Waals surface area contributed by atoms with Gasteiger partial charge in [0.2, 0.25) is 0 Å². The minimum Gasteiger partial charge on any atom is -0.480 e. The van der Waals surface area contributed by atoms with Gasteiger partial charge in [-0.25, -0.2) is 9.59 Å². The van der Waals surface area contributed by atoms with Gasteiger partial charge in [0.1, 0.15) is 6.04 Å². The predicted octanol–water partition coefficient (Wildman–Crippen LogP) is 2.66. The summed E-state index contributed by atoms with van der Waals surface area (Å²) >= 11 is 5.82. The molecular weight excluding hydrogens is 280 g/mol. The Kier molecular flexibility index (Phi) is 4.49. The molecule has 0 bridgehead atoms. The molecule has 0 aliphatic carbocycles. The summed E-state index contributed by atoms with van der Waals surface area (Å²) in [7, 11) is 0. The van der Waals surface area contributed by atoms with Crippen molar-refractivity contribution in [2.45, 2.75) is 31.8 Å². The number of carboxylic acid groups (broad SMARTS) is 1. The fraction of sp³-hybridized carbons (Fsp3) is 0.429. The van der Waals surface area contributed by atoms with Crippen molar-refractivity contribution >= 4 is 23.6 Å². The summed E-state index contributed by atoms with van der Waals surface area (Å²) in [5, 5.41) is 12.5. The number of likely N-dealkylation sites (tertiary alicyclic amines) is 1. The molecule has 108 valence electrons. The van der Waals surface area contributed by atoms with Gasteiger partial charge in [-0.15, -0.1) is 0 Å². The van der Waals surface area contributed by atoms with Crippen LogP contribution in [0.2, 0.25) is 5.02 Å². The van der Waals surface area contributed by atoms with Crippen LogP contribution in [0.1, 0.15) is 31.4 Å².